The van der Waals surface area contributed by atoms with Gasteiger partial charge in [-0.2, -0.15) is 0 Å². The van der Waals surface area contributed by atoms with Crippen LogP contribution >= 0.6 is 11.8 Å². The standard InChI is InChI=1S/C29H38N2S/c1-6-12-24-16-10-14-22(7-2)28(24)29-30-20(3)26(21(4)32-29)19-31(5)27-18-11-15-23-13-8-9-17-25(23)27/h8-10,13-14,16-17,21,27H,6-7,11-12,15,18-19H2,1-5H3/t21?,27-/m0/s1. The lowest BCUT2D eigenvalue weighted by atomic mass is 9.87. The number of hydrogen-bond acceptors (Lipinski definition) is 3. The molecule has 0 saturated heterocycles. The molecule has 0 spiro atoms. The predicted molar refractivity (Wildman–Crippen MR) is 141 cm³/mol. The topological polar surface area (TPSA) is 15.6 Å². The van der Waals surface area contributed by atoms with Crippen molar-refractivity contribution in [1.82, 2.24) is 4.90 Å². The summed E-state index contributed by atoms with van der Waals surface area (Å²) in [5, 5.41) is 1.67. The zero-order chi connectivity index (χ0) is 22.7. The number of benzene rings is 2. The Kier molecular flexibility index (Phi) is 7.58. The summed E-state index contributed by atoms with van der Waals surface area (Å²) < 4.78 is 0. The second-order valence-corrected chi connectivity index (χ2v) is 10.7. The van der Waals surface area contributed by atoms with E-state index in [0.717, 1.165) is 19.4 Å². The highest BCUT2D eigenvalue weighted by atomic mass is 32.2. The Morgan fingerprint density at radius 3 is 2.59 bits per heavy atom. The Hall–Kier alpha value is -1.84. The fourth-order valence-electron chi connectivity index (χ4n) is 5.41. The Morgan fingerprint density at radius 2 is 1.84 bits per heavy atom. The number of likely N-dealkylation sites (N-methyl/N-ethyl adjacent to an activating group) is 1. The van der Waals surface area contributed by atoms with Gasteiger partial charge in [0.1, 0.15) is 5.04 Å². The van der Waals surface area contributed by atoms with Gasteiger partial charge in [-0.25, -0.2) is 4.99 Å². The van der Waals surface area contributed by atoms with E-state index in [-0.39, 0.29) is 0 Å². The molecule has 0 fully saturated rings. The third-order valence-electron chi connectivity index (χ3n) is 7.15. The SMILES string of the molecule is CCCc1cccc(CC)c1C1=NC(C)=C(CN(C)[C@H]2CCCc3ccccc32)C(C)S1. The lowest BCUT2D eigenvalue weighted by Crippen LogP contribution is -2.32. The van der Waals surface area contributed by atoms with Crippen molar-refractivity contribution in [1.29, 1.82) is 0 Å². The van der Waals surface area contributed by atoms with Crippen LogP contribution in [0.15, 0.2) is 58.7 Å². The second kappa shape index (κ2) is 10.4. The summed E-state index contributed by atoms with van der Waals surface area (Å²) in [6, 6.07) is 16.3. The number of fused-ring (bicyclic) bond motifs is 1. The lowest BCUT2D eigenvalue weighted by molar-refractivity contribution is 0.237. The molecule has 0 saturated carbocycles. The molecule has 2 aromatic carbocycles. The first kappa shape index (κ1) is 23.3. The van der Waals surface area contributed by atoms with Gasteiger partial charge in [-0.15, -0.1) is 0 Å². The van der Waals surface area contributed by atoms with Crippen molar-refractivity contribution in [3.8, 4) is 0 Å². The van der Waals surface area contributed by atoms with Gasteiger partial charge in [-0.1, -0.05) is 74.5 Å². The highest BCUT2D eigenvalue weighted by Crippen LogP contribution is 2.38. The van der Waals surface area contributed by atoms with E-state index in [4.69, 9.17) is 4.99 Å². The van der Waals surface area contributed by atoms with Crippen LogP contribution in [0.25, 0.3) is 0 Å². The maximum absolute atomic E-state index is 5.21. The molecule has 0 N–H and O–H groups in total. The minimum absolute atomic E-state index is 0.447. The lowest BCUT2D eigenvalue weighted by Gasteiger charge is -2.35. The number of allylic oxidation sites excluding steroid dienone is 1. The summed E-state index contributed by atoms with van der Waals surface area (Å²) in [6.07, 6.45) is 7.10. The van der Waals surface area contributed by atoms with Gasteiger partial charge in [0, 0.05) is 29.1 Å². The van der Waals surface area contributed by atoms with Crippen molar-refractivity contribution in [2.45, 2.75) is 77.5 Å². The van der Waals surface area contributed by atoms with Gasteiger partial charge in [0.25, 0.3) is 0 Å². The summed E-state index contributed by atoms with van der Waals surface area (Å²) >= 11 is 1.96. The molecule has 2 aliphatic rings. The summed E-state index contributed by atoms with van der Waals surface area (Å²) in [5.74, 6) is 0. The van der Waals surface area contributed by atoms with E-state index in [1.807, 2.05) is 11.8 Å². The molecule has 1 heterocycles. The number of aryl methyl sites for hydroxylation is 3. The number of hydrogen-bond donors (Lipinski definition) is 0. The molecule has 1 unspecified atom stereocenters. The van der Waals surface area contributed by atoms with Crippen LogP contribution in [0, 0.1) is 0 Å². The van der Waals surface area contributed by atoms with Crippen LogP contribution in [0.4, 0.5) is 0 Å². The Bertz CT molecular complexity index is 1020. The fourth-order valence-corrected chi connectivity index (χ4v) is 6.70. The van der Waals surface area contributed by atoms with Gasteiger partial charge in [0.05, 0.1) is 0 Å². The summed E-state index contributed by atoms with van der Waals surface area (Å²) in [4.78, 5) is 7.78. The van der Waals surface area contributed by atoms with Gasteiger partial charge >= 0.3 is 0 Å². The first-order valence-electron chi connectivity index (χ1n) is 12.4. The second-order valence-electron chi connectivity index (χ2n) is 9.36. The van der Waals surface area contributed by atoms with E-state index >= 15 is 0 Å². The molecule has 1 aliphatic heterocycles. The van der Waals surface area contributed by atoms with Gasteiger partial charge < -0.3 is 0 Å². The molecule has 0 aromatic heterocycles. The predicted octanol–water partition coefficient (Wildman–Crippen LogP) is 7.37. The van der Waals surface area contributed by atoms with Crippen LogP contribution in [0.5, 0.6) is 0 Å². The monoisotopic (exact) mass is 446 g/mol. The Morgan fingerprint density at radius 1 is 1.06 bits per heavy atom. The van der Waals surface area contributed by atoms with E-state index in [1.165, 1.54) is 69.8 Å². The Labute approximate surface area is 199 Å². The molecule has 170 valence electrons. The highest BCUT2D eigenvalue weighted by molar-refractivity contribution is 8.15. The highest BCUT2D eigenvalue weighted by Gasteiger charge is 2.28. The molecule has 3 heteroatoms. The molecular formula is C29H38N2S. The van der Waals surface area contributed by atoms with Crippen molar-refractivity contribution < 1.29 is 0 Å². The van der Waals surface area contributed by atoms with Crippen molar-refractivity contribution >= 4 is 16.8 Å². The van der Waals surface area contributed by atoms with E-state index in [9.17, 15) is 0 Å². The van der Waals surface area contributed by atoms with E-state index in [2.05, 4.69) is 82.1 Å². The van der Waals surface area contributed by atoms with Crippen molar-refractivity contribution in [2.75, 3.05) is 13.6 Å². The minimum atomic E-state index is 0.447. The van der Waals surface area contributed by atoms with Crippen LogP contribution in [-0.4, -0.2) is 28.8 Å². The molecule has 2 aromatic rings. The molecule has 32 heavy (non-hydrogen) atoms. The van der Waals surface area contributed by atoms with Gasteiger partial charge in [0.15, 0.2) is 0 Å². The maximum Gasteiger partial charge on any atom is 0.105 e. The molecule has 4 rings (SSSR count). The number of aliphatic imine (C=N–C) groups is 1. The van der Waals surface area contributed by atoms with E-state index in [0.29, 0.717) is 11.3 Å². The van der Waals surface area contributed by atoms with Crippen molar-refractivity contribution in [2.24, 2.45) is 4.99 Å². The summed E-state index contributed by atoms with van der Waals surface area (Å²) in [5.41, 5.74) is 10.1. The Balaban J connectivity index is 1.62. The van der Waals surface area contributed by atoms with Gasteiger partial charge in [-0.05, 0) is 80.8 Å². The average molecular weight is 447 g/mol. The van der Waals surface area contributed by atoms with Crippen LogP contribution in [0.1, 0.15) is 80.8 Å². The molecule has 2 nitrogen and oxygen atoms in total. The first-order valence-corrected chi connectivity index (χ1v) is 13.3. The fraction of sp³-hybridized carbons (Fsp3) is 0.483. The summed E-state index contributed by atoms with van der Waals surface area (Å²) in [6.45, 7) is 10.1. The smallest absolute Gasteiger partial charge is 0.105 e. The molecular weight excluding hydrogens is 408 g/mol. The van der Waals surface area contributed by atoms with E-state index in [1.54, 1.807) is 0 Å². The average Bonchev–Trinajstić information content (AvgIpc) is 2.80. The third-order valence-corrected chi connectivity index (χ3v) is 8.31. The van der Waals surface area contributed by atoms with Gasteiger partial charge in [0.2, 0.25) is 0 Å². The van der Waals surface area contributed by atoms with Crippen molar-refractivity contribution in [3.05, 3.63) is 81.6 Å². The third kappa shape index (κ3) is 4.75. The number of rotatable bonds is 7. The maximum atomic E-state index is 5.21. The molecule has 0 amide bonds. The van der Waals surface area contributed by atoms with Crippen molar-refractivity contribution in [3.63, 3.8) is 0 Å². The largest absolute Gasteiger partial charge is 0.295 e. The van der Waals surface area contributed by atoms with Crippen LogP contribution < -0.4 is 0 Å². The zero-order valence-corrected chi connectivity index (χ0v) is 21.3. The number of thioether (sulfide) groups is 1. The number of nitrogens with zero attached hydrogens (tertiary/aromatic N) is 2. The quantitative estimate of drug-likeness (QED) is 0.441. The van der Waals surface area contributed by atoms with Crippen LogP contribution in [0.3, 0.4) is 0 Å². The minimum Gasteiger partial charge on any atom is -0.295 e. The summed E-state index contributed by atoms with van der Waals surface area (Å²) in [7, 11) is 2.30. The van der Waals surface area contributed by atoms with Crippen LogP contribution in [0.2, 0.25) is 0 Å². The zero-order valence-electron chi connectivity index (χ0n) is 20.4. The van der Waals surface area contributed by atoms with Crippen LogP contribution in [-0.2, 0) is 19.3 Å². The molecule has 1 aliphatic carbocycles. The molecule has 0 bridgehead atoms. The van der Waals surface area contributed by atoms with Gasteiger partial charge in [-0.3, -0.25) is 4.90 Å². The first-order chi connectivity index (χ1) is 15.5. The van der Waals surface area contributed by atoms with E-state index < -0.39 is 0 Å². The normalized spacial score (nSPS) is 21.0. The molecule has 2 atom stereocenters. The molecule has 0 radical (unpaired) electrons.